The summed E-state index contributed by atoms with van der Waals surface area (Å²) >= 11 is 0. The van der Waals surface area contributed by atoms with Gasteiger partial charge in [0, 0.05) is 13.1 Å². The normalized spacial score (nSPS) is 27.6. The standard InChI is InChI=1S/C16H27N3O5.C16H26N2O6.C11H19N3O3.2C2HF3O.CH4/c1-9(20)11(12(17)21)19-10(2)16(13(19)22)7-6-8-18(16)14(23)24-15(3,4)5;1-9(19)11(12(20)21)18-10(2)16(13(18)22)7-6-8-17(16)14(23)24-15(3,4)5;1-6(15)8(9(12)16)14-7(2)11(10(14)17)4-3-5-13-11;2*3-2(4,5)1-6;/h9-11,20H,6-8H2,1-5H3,(H2,17,21);9-11,19H,6-8H2,1-5H3,(H,20,21);6-8,13,15H,3-5H2,1-2H3,(H2,12,16);2*1H;1H4/t2*9-,10?,11+,16?;6-,7?,8+,11?;;;/m111.../s1. The lowest BCUT2D eigenvalue weighted by atomic mass is 9.75. The molecular formula is C48H78F6N8O16. The molecule has 6 aliphatic heterocycles. The number of β-lactam (4-membered cyclic amide) rings is 3. The van der Waals surface area contributed by atoms with Gasteiger partial charge in [-0.15, -0.1) is 0 Å². The molecule has 0 aliphatic carbocycles. The van der Waals surface area contributed by atoms with Gasteiger partial charge in [0.15, 0.2) is 6.04 Å². The molecular weight excluding hydrogens is 1060 g/mol. The first-order valence-electron chi connectivity index (χ1n) is 24.6. The Morgan fingerprint density at radius 3 is 1.13 bits per heavy atom. The summed E-state index contributed by atoms with van der Waals surface area (Å²) in [7, 11) is 0. The first-order chi connectivity index (χ1) is 34.9. The fraction of sp³-hybridized carbons (Fsp3) is 0.792. The molecule has 448 valence electrons. The molecule has 6 saturated heterocycles. The number of carbonyl (C=O) groups is 10. The number of aliphatic carboxylic acids is 1. The van der Waals surface area contributed by atoms with Crippen molar-refractivity contribution in [3.63, 3.8) is 0 Å². The highest BCUT2D eigenvalue weighted by Gasteiger charge is 2.69. The number of aliphatic hydroxyl groups is 3. The second-order valence-corrected chi connectivity index (χ2v) is 21.5. The molecule has 6 heterocycles. The van der Waals surface area contributed by atoms with Crippen LogP contribution in [0.1, 0.15) is 129 Å². The number of carboxylic acids is 1. The van der Waals surface area contributed by atoms with Gasteiger partial charge in [-0.25, -0.2) is 14.4 Å². The van der Waals surface area contributed by atoms with Crippen molar-refractivity contribution in [2.24, 2.45) is 11.5 Å². The SMILES string of the molecule is C.CC1N([C@H](C(=O)O)[C@@H](C)O)C(=O)C12CCCN2C(=O)OC(C)(C)C.CC1N([C@H](C(N)=O)[C@@H](C)O)C(=O)C12CCCN2.CC1N([C@H](C(N)=O)[C@@H](C)O)C(=O)C12CCCN2C(=O)OC(C)(C)C.O=CC(F)(F)F.O=CC(F)(F)F. The minimum atomic E-state index is -4.64. The fourth-order valence-electron chi connectivity index (χ4n) is 10.6. The number of aliphatic hydroxyl groups excluding tert-OH is 3. The van der Waals surface area contributed by atoms with Gasteiger partial charge in [0.25, 0.3) is 11.8 Å². The number of rotatable bonds is 9. The number of primary amides is 2. The zero-order valence-corrected chi connectivity index (χ0v) is 45.1. The van der Waals surface area contributed by atoms with Gasteiger partial charge in [0.2, 0.25) is 30.3 Å². The van der Waals surface area contributed by atoms with Crippen LogP contribution in [0.2, 0.25) is 0 Å². The summed E-state index contributed by atoms with van der Waals surface area (Å²) in [6.45, 7) is 21.8. The number of alkyl halides is 6. The van der Waals surface area contributed by atoms with Crippen LogP contribution in [0.3, 0.4) is 0 Å². The van der Waals surface area contributed by atoms with E-state index in [-0.39, 0.29) is 25.3 Å². The fourth-order valence-corrected chi connectivity index (χ4v) is 10.6. The van der Waals surface area contributed by atoms with E-state index in [1.54, 1.807) is 55.4 Å². The maximum Gasteiger partial charge on any atom is 0.446 e. The molecule has 30 heteroatoms. The number of carboxylic acid groups (broad SMARTS) is 1. The molecule has 6 fully saturated rings. The van der Waals surface area contributed by atoms with Gasteiger partial charge >= 0.3 is 30.5 Å². The lowest BCUT2D eigenvalue weighted by Crippen LogP contribution is -2.81. The van der Waals surface area contributed by atoms with Crippen LogP contribution in [0.15, 0.2) is 0 Å². The topological polar surface area (TPSA) is 350 Å². The number of ether oxygens (including phenoxy) is 2. The van der Waals surface area contributed by atoms with Gasteiger partial charge < -0.3 is 61.4 Å². The summed E-state index contributed by atoms with van der Waals surface area (Å²) in [4.78, 5) is 121. The number of halogens is 6. The maximum atomic E-state index is 12.9. The number of nitrogens with two attached hydrogens (primary N) is 2. The lowest BCUT2D eigenvalue weighted by molar-refractivity contribution is -0.187. The average Bonchev–Trinajstić information content (AvgIpc) is 4.09. The Morgan fingerprint density at radius 2 is 0.910 bits per heavy atom. The van der Waals surface area contributed by atoms with E-state index in [0.717, 1.165) is 24.3 Å². The van der Waals surface area contributed by atoms with Crippen LogP contribution in [-0.2, 0) is 47.8 Å². The highest BCUT2D eigenvalue weighted by molar-refractivity contribution is 6.02. The monoisotopic (exact) mass is 1140 g/mol. The van der Waals surface area contributed by atoms with Gasteiger partial charge in [-0.1, -0.05) is 7.43 Å². The van der Waals surface area contributed by atoms with Crippen molar-refractivity contribution in [2.75, 3.05) is 19.6 Å². The maximum absolute atomic E-state index is 12.9. The Kier molecular flexibility index (Phi) is 23.3. The molecule has 6 aliphatic rings. The van der Waals surface area contributed by atoms with Crippen molar-refractivity contribution in [3.05, 3.63) is 0 Å². The van der Waals surface area contributed by atoms with E-state index in [1.165, 1.54) is 40.4 Å². The molecule has 3 spiro atoms. The minimum Gasteiger partial charge on any atom is -0.480 e. The van der Waals surface area contributed by atoms with Crippen LogP contribution in [0, 0.1) is 0 Å². The van der Waals surface area contributed by atoms with E-state index >= 15 is 0 Å². The minimum absolute atomic E-state index is 0. The second kappa shape index (κ2) is 25.9. The number of nitrogens with zero attached hydrogens (tertiary/aromatic N) is 5. The van der Waals surface area contributed by atoms with Crippen LogP contribution in [0.5, 0.6) is 0 Å². The van der Waals surface area contributed by atoms with Crippen LogP contribution in [0.25, 0.3) is 0 Å². The average molecular weight is 1140 g/mol. The van der Waals surface area contributed by atoms with Crippen molar-refractivity contribution in [3.8, 4) is 0 Å². The van der Waals surface area contributed by atoms with Gasteiger partial charge in [-0.05, 0) is 128 Å². The van der Waals surface area contributed by atoms with Crippen LogP contribution in [0.4, 0.5) is 35.9 Å². The number of hydrogen-bond donors (Lipinski definition) is 7. The second-order valence-electron chi connectivity index (χ2n) is 21.5. The first-order valence-corrected chi connectivity index (χ1v) is 24.6. The smallest absolute Gasteiger partial charge is 0.446 e. The van der Waals surface area contributed by atoms with Crippen molar-refractivity contribution in [1.82, 2.24) is 29.8 Å². The van der Waals surface area contributed by atoms with E-state index in [4.69, 9.17) is 30.5 Å². The number of aldehydes is 2. The first kappa shape index (κ1) is 70.1. The van der Waals surface area contributed by atoms with E-state index in [9.17, 15) is 85.1 Å². The molecule has 7 amide bonds. The third-order valence-corrected chi connectivity index (χ3v) is 13.8. The van der Waals surface area contributed by atoms with Gasteiger partial charge in [-0.3, -0.25) is 43.4 Å². The zero-order chi connectivity index (χ0) is 60.1. The summed E-state index contributed by atoms with van der Waals surface area (Å²) in [5.74, 6) is -3.60. The number of amides is 7. The molecule has 0 aromatic heterocycles. The third kappa shape index (κ3) is 15.1. The molecule has 0 radical (unpaired) electrons. The molecule has 0 saturated carbocycles. The summed E-state index contributed by atoms with van der Waals surface area (Å²) < 4.78 is 73.3. The molecule has 0 aromatic carbocycles. The molecule has 78 heavy (non-hydrogen) atoms. The van der Waals surface area contributed by atoms with Gasteiger partial charge in [0.05, 0.1) is 36.4 Å². The highest BCUT2D eigenvalue weighted by Crippen LogP contribution is 2.48. The van der Waals surface area contributed by atoms with Crippen molar-refractivity contribution in [1.29, 1.82) is 0 Å². The molecule has 12 atom stereocenters. The molecule has 0 bridgehead atoms. The Labute approximate surface area is 448 Å². The van der Waals surface area contributed by atoms with E-state index in [2.05, 4.69) is 5.32 Å². The molecule has 6 rings (SSSR count). The summed E-state index contributed by atoms with van der Waals surface area (Å²) in [5, 5.41) is 41.6. The Balaban J connectivity index is 0.000000530. The zero-order valence-electron chi connectivity index (χ0n) is 45.1. The summed E-state index contributed by atoms with van der Waals surface area (Å²) in [6, 6.07) is -4.38. The molecule has 24 nitrogen and oxygen atoms in total. The Hall–Kier alpha value is -5.88. The third-order valence-electron chi connectivity index (χ3n) is 13.8. The van der Waals surface area contributed by atoms with Crippen molar-refractivity contribution < 1.29 is 104 Å². The number of carbonyl (C=O) groups excluding carboxylic acids is 9. The molecule has 6 unspecified atom stereocenters. The summed E-state index contributed by atoms with van der Waals surface area (Å²) in [5.41, 5.74) is 6.65. The van der Waals surface area contributed by atoms with Crippen LogP contribution >= 0.6 is 0 Å². The Morgan fingerprint density at radius 1 is 0.603 bits per heavy atom. The number of nitrogens with one attached hydrogen (secondary N) is 1. The highest BCUT2D eigenvalue weighted by atomic mass is 19.4. The predicted octanol–water partition coefficient (Wildman–Crippen LogP) is 1.75. The number of likely N-dealkylation sites (tertiary alicyclic amines) is 5. The molecule has 9 N–H and O–H groups in total. The quantitative estimate of drug-likeness (QED) is 0.0982. The van der Waals surface area contributed by atoms with E-state index in [1.807, 2.05) is 6.92 Å². The van der Waals surface area contributed by atoms with Crippen molar-refractivity contribution >= 4 is 60.3 Å². The van der Waals surface area contributed by atoms with Crippen molar-refractivity contribution in [2.45, 2.75) is 224 Å². The van der Waals surface area contributed by atoms with Crippen LogP contribution in [-0.4, -0.2) is 220 Å². The predicted molar refractivity (Wildman–Crippen MR) is 262 cm³/mol. The van der Waals surface area contributed by atoms with Gasteiger partial charge in [-0.2, -0.15) is 26.3 Å². The molecule has 0 aromatic rings. The van der Waals surface area contributed by atoms with E-state index in [0.29, 0.717) is 38.8 Å². The lowest BCUT2D eigenvalue weighted by Gasteiger charge is -2.58. The summed E-state index contributed by atoms with van der Waals surface area (Å²) in [6.07, 6.45) is -11.7. The Bertz CT molecular complexity index is 2080. The van der Waals surface area contributed by atoms with Crippen LogP contribution < -0.4 is 16.8 Å². The largest absolute Gasteiger partial charge is 0.480 e. The number of hydrogen-bond acceptors (Lipinski definition) is 16. The van der Waals surface area contributed by atoms with E-state index < -0.39 is 137 Å². The van der Waals surface area contributed by atoms with Gasteiger partial charge in [0.1, 0.15) is 39.9 Å².